The normalized spacial score (nSPS) is 17.7. The number of aromatic nitrogens is 3. The molecule has 2 aromatic heterocycles. The highest BCUT2D eigenvalue weighted by atomic mass is 16.5. The van der Waals surface area contributed by atoms with E-state index in [4.69, 9.17) is 4.74 Å². The molecule has 5 nitrogen and oxygen atoms in total. The maximum absolute atomic E-state index is 5.92. The average Bonchev–Trinajstić information content (AvgIpc) is 3.21. The summed E-state index contributed by atoms with van der Waals surface area (Å²) in [5.74, 6) is 1.60. The van der Waals surface area contributed by atoms with Gasteiger partial charge in [0, 0.05) is 38.2 Å². The highest BCUT2D eigenvalue weighted by Gasteiger charge is 2.20. The first-order valence-electron chi connectivity index (χ1n) is 9.65. The summed E-state index contributed by atoms with van der Waals surface area (Å²) >= 11 is 0. The molecular weight excluding hydrogens is 336 g/mol. The Hall–Kier alpha value is -2.66. The molecule has 0 N–H and O–H groups in total. The van der Waals surface area contributed by atoms with E-state index >= 15 is 0 Å². The van der Waals surface area contributed by atoms with Crippen molar-refractivity contribution in [3.05, 3.63) is 78.6 Å². The van der Waals surface area contributed by atoms with Crippen LogP contribution in [-0.4, -0.2) is 32.5 Å². The van der Waals surface area contributed by atoms with Crippen LogP contribution in [-0.2, 0) is 19.7 Å². The highest BCUT2D eigenvalue weighted by molar-refractivity contribution is 5.28. The Morgan fingerprint density at radius 1 is 1.11 bits per heavy atom. The molecule has 1 fully saturated rings. The summed E-state index contributed by atoms with van der Waals surface area (Å²) in [4.78, 5) is 11.0. The molecule has 0 aliphatic carbocycles. The van der Waals surface area contributed by atoms with Crippen LogP contribution in [0.5, 0.6) is 5.75 Å². The number of likely N-dealkylation sites (tertiary alicyclic amines) is 1. The van der Waals surface area contributed by atoms with Crippen LogP contribution in [0.1, 0.15) is 24.1 Å². The van der Waals surface area contributed by atoms with E-state index in [9.17, 15) is 0 Å². The van der Waals surface area contributed by atoms with Gasteiger partial charge in [-0.05, 0) is 55.1 Å². The molecule has 0 unspecified atom stereocenters. The van der Waals surface area contributed by atoms with Crippen molar-refractivity contribution >= 4 is 0 Å². The molecule has 0 amide bonds. The predicted molar refractivity (Wildman–Crippen MR) is 105 cm³/mol. The summed E-state index contributed by atoms with van der Waals surface area (Å²) in [5, 5.41) is 0. The lowest BCUT2D eigenvalue weighted by molar-refractivity contribution is 0.156. The van der Waals surface area contributed by atoms with E-state index in [1.807, 2.05) is 36.8 Å². The fourth-order valence-corrected chi connectivity index (χ4v) is 3.77. The fraction of sp³-hybridized carbons (Fsp3) is 0.364. The van der Waals surface area contributed by atoms with Gasteiger partial charge in [0.25, 0.3) is 0 Å². The first-order chi connectivity index (χ1) is 13.3. The SMILES string of the molecule is c1ccc(COc2cccc(CN3CCC[C@H](Cn4ccnc4)C3)c2)nc1. The second-order valence-corrected chi connectivity index (χ2v) is 7.26. The summed E-state index contributed by atoms with van der Waals surface area (Å²) in [6.45, 7) is 4.84. The van der Waals surface area contributed by atoms with Crippen molar-refractivity contribution in [2.75, 3.05) is 13.1 Å². The number of piperidine rings is 1. The van der Waals surface area contributed by atoms with Crippen molar-refractivity contribution in [2.24, 2.45) is 5.92 Å². The summed E-state index contributed by atoms with van der Waals surface area (Å²) in [5.41, 5.74) is 2.25. The Kier molecular flexibility index (Phi) is 5.80. The molecule has 1 atom stereocenters. The lowest BCUT2D eigenvalue weighted by Crippen LogP contribution is -2.36. The highest BCUT2D eigenvalue weighted by Crippen LogP contribution is 2.22. The Balaban J connectivity index is 1.32. The summed E-state index contributed by atoms with van der Waals surface area (Å²) in [7, 11) is 0. The number of ether oxygens (including phenoxy) is 1. The first-order valence-corrected chi connectivity index (χ1v) is 9.65. The molecule has 140 valence electrons. The molecule has 1 aliphatic rings. The van der Waals surface area contributed by atoms with Gasteiger partial charge in [-0.3, -0.25) is 9.88 Å². The topological polar surface area (TPSA) is 43.2 Å². The molecular formula is C22H26N4O. The van der Waals surface area contributed by atoms with E-state index in [0.29, 0.717) is 12.5 Å². The van der Waals surface area contributed by atoms with Crippen LogP contribution in [0.4, 0.5) is 0 Å². The van der Waals surface area contributed by atoms with Gasteiger partial charge in [-0.1, -0.05) is 18.2 Å². The van der Waals surface area contributed by atoms with Gasteiger partial charge < -0.3 is 9.30 Å². The minimum atomic E-state index is 0.501. The molecule has 0 bridgehead atoms. The number of pyridine rings is 1. The number of hydrogen-bond donors (Lipinski definition) is 0. The lowest BCUT2D eigenvalue weighted by Gasteiger charge is -2.33. The van der Waals surface area contributed by atoms with E-state index in [0.717, 1.165) is 31.1 Å². The van der Waals surface area contributed by atoms with Gasteiger partial charge in [0.1, 0.15) is 12.4 Å². The van der Waals surface area contributed by atoms with Gasteiger partial charge in [-0.2, -0.15) is 0 Å². The van der Waals surface area contributed by atoms with E-state index in [-0.39, 0.29) is 0 Å². The van der Waals surface area contributed by atoms with Crippen molar-refractivity contribution in [2.45, 2.75) is 32.5 Å². The second kappa shape index (κ2) is 8.82. The van der Waals surface area contributed by atoms with Gasteiger partial charge in [0.2, 0.25) is 0 Å². The van der Waals surface area contributed by atoms with Crippen molar-refractivity contribution in [3.63, 3.8) is 0 Å². The number of hydrogen-bond acceptors (Lipinski definition) is 4. The maximum Gasteiger partial charge on any atom is 0.130 e. The van der Waals surface area contributed by atoms with E-state index < -0.39 is 0 Å². The summed E-state index contributed by atoms with van der Waals surface area (Å²) < 4.78 is 8.12. The molecule has 4 rings (SSSR count). The Morgan fingerprint density at radius 3 is 2.96 bits per heavy atom. The third-order valence-corrected chi connectivity index (χ3v) is 5.05. The molecule has 1 aromatic carbocycles. The maximum atomic E-state index is 5.92. The summed E-state index contributed by atoms with van der Waals surface area (Å²) in [6.07, 6.45) is 10.2. The molecule has 0 spiro atoms. The monoisotopic (exact) mass is 362 g/mol. The Morgan fingerprint density at radius 2 is 2.11 bits per heavy atom. The lowest BCUT2D eigenvalue weighted by atomic mass is 9.97. The Labute approximate surface area is 160 Å². The minimum absolute atomic E-state index is 0.501. The zero-order chi connectivity index (χ0) is 18.3. The van der Waals surface area contributed by atoms with Crippen LogP contribution in [0, 0.1) is 5.92 Å². The predicted octanol–water partition coefficient (Wildman–Crippen LogP) is 3.77. The van der Waals surface area contributed by atoms with E-state index in [2.05, 4.69) is 43.8 Å². The molecule has 0 saturated carbocycles. The molecule has 1 aliphatic heterocycles. The zero-order valence-electron chi connectivity index (χ0n) is 15.6. The summed E-state index contributed by atoms with van der Waals surface area (Å²) in [6, 6.07) is 14.3. The van der Waals surface area contributed by atoms with Gasteiger partial charge >= 0.3 is 0 Å². The van der Waals surface area contributed by atoms with Crippen molar-refractivity contribution in [3.8, 4) is 5.75 Å². The zero-order valence-corrected chi connectivity index (χ0v) is 15.6. The smallest absolute Gasteiger partial charge is 0.130 e. The van der Waals surface area contributed by atoms with Gasteiger partial charge in [-0.25, -0.2) is 4.98 Å². The molecule has 5 heteroatoms. The molecule has 3 heterocycles. The third-order valence-electron chi connectivity index (χ3n) is 5.05. The van der Waals surface area contributed by atoms with Crippen LogP contribution in [0.25, 0.3) is 0 Å². The van der Waals surface area contributed by atoms with Crippen molar-refractivity contribution in [1.29, 1.82) is 0 Å². The number of benzene rings is 1. The second-order valence-electron chi connectivity index (χ2n) is 7.26. The molecule has 3 aromatic rings. The van der Waals surface area contributed by atoms with Crippen molar-refractivity contribution in [1.82, 2.24) is 19.4 Å². The quantitative estimate of drug-likeness (QED) is 0.642. The third kappa shape index (κ3) is 5.17. The van der Waals surface area contributed by atoms with Crippen LogP contribution < -0.4 is 4.74 Å². The number of rotatable bonds is 7. The fourth-order valence-electron chi connectivity index (χ4n) is 3.77. The number of nitrogens with zero attached hydrogens (tertiary/aromatic N) is 4. The van der Waals surface area contributed by atoms with E-state index in [1.54, 1.807) is 6.20 Å². The number of imidazole rings is 1. The minimum Gasteiger partial charge on any atom is -0.487 e. The molecule has 0 radical (unpaired) electrons. The van der Waals surface area contributed by atoms with Gasteiger partial charge in [0.15, 0.2) is 0 Å². The first kappa shape index (κ1) is 17.7. The van der Waals surface area contributed by atoms with Crippen molar-refractivity contribution < 1.29 is 4.74 Å². The molecule has 1 saturated heterocycles. The Bertz CT molecular complexity index is 819. The standard InChI is InChI=1S/C22H26N4O/c1-2-9-24-21(7-1)17-27-22-8-3-5-19(13-22)14-25-11-4-6-20(15-25)16-26-12-10-23-18-26/h1-3,5,7-10,12-13,18,20H,4,6,11,14-17H2/t20-/m0/s1. The van der Waals surface area contributed by atoms with E-state index in [1.165, 1.54) is 24.9 Å². The average molecular weight is 362 g/mol. The van der Waals surface area contributed by atoms with Crippen LogP contribution in [0.2, 0.25) is 0 Å². The largest absolute Gasteiger partial charge is 0.487 e. The molecule has 27 heavy (non-hydrogen) atoms. The van der Waals surface area contributed by atoms with Crippen LogP contribution in [0.3, 0.4) is 0 Å². The van der Waals surface area contributed by atoms with Crippen LogP contribution >= 0.6 is 0 Å². The van der Waals surface area contributed by atoms with Gasteiger partial charge in [0.05, 0.1) is 12.0 Å². The van der Waals surface area contributed by atoms with Crippen LogP contribution in [0.15, 0.2) is 67.4 Å². The van der Waals surface area contributed by atoms with Gasteiger partial charge in [-0.15, -0.1) is 0 Å².